The molecule has 0 aromatic heterocycles. The number of aliphatic hydroxyl groups excluding tert-OH is 1. The zero-order chi connectivity index (χ0) is 15.8. The molecule has 4 atom stereocenters. The first-order valence-corrected chi connectivity index (χ1v) is 11.1. The van der Waals surface area contributed by atoms with Crippen molar-refractivity contribution in [1.82, 2.24) is 10.2 Å². The normalized spacial score (nSPS) is 33.4. The van der Waals surface area contributed by atoms with Crippen LogP contribution in [-0.4, -0.2) is 64.1 Å². The molecule has 0 aliphatic carbocycles. The highest BCUT2D eigenvalue weighted by atomic mass is 127. The van der Waals surface area contributed by atoms with E-state index in [0.717, 1.165) is 12.6 Å². The summed E-state index contributed by atoms with van der Waals surface area (Å²) in [4.78, 5) is 13.0. The Kier molecular flexibility index (Phi) is 5.23. The number of carbonyl (C=O) groups excluding carboxylic acids is 1. The fourth-order valence-electron chi connectivity index (χ4n) is 2.37. The molecule has 7 heteroatoms. The summed E-state index contributed by atoms with van der Waals surface area (Å²) in [5.74, 6) is 0.284. The average Bonchev–Trinajstić information content (AvgIpc) is 2.64. The van der Waals surface area contributed by atoms with Gasteiger partial charge in [-0.25, -0.2) is 0 Å². The van der Waals surface area contributed by atoms with Gasteiger partial charge < -0.3 is 20.1 Å². The van der Waals surface area contributed by atoms with Crippen molar-refractivity contribution in [3.8, 4) is 0 Å². The van der Waals surface area contributed by atoms with Crippen molar-refractivity contribution in [2.24, 2.45) is 0 Å². The lowest BCUT2D eigenvalue weighted by molar-refractivity contribution is -0.117. The summed E-state index contributed by atoms with van der Waals surface area (Å²) in [5, 5.41) is 13.0. The van der Waals surface area contributed by atoms with Crippen molar-refractivity contribution in [2.45, 2.75) is 28.8 Å². The maximum atomic E-state index is 11.3. The smallest absolute Gasteiger partial charge is 0.250 e. The van der Waals surface area contributed by atoms with E-state index in [0.29, 0.717) is 5.82 Å². The summed E-state index contributed by atoms with van der Waals surface area (Å²) in [6.45, 7) is 7.06. The maximum Gasteiger partial charge on any atom is 0.250 e. The highest BCUT2D eigenvalue weighted by molar-refractivity contribution is 14.1. The van der Waals surface area contributed by atoms with E-state index in [2.05, 4.69) is 54.1 Å². The van der Waals surface area contributed by atoms with Gasteiger partial charge in [0.05, 0.1) is 16.1 Å². The number of ether oxygens (including phenoxy) is 1. The lowest BCUT2D eigenvalue weighted by Crippen LogP contribution is -2.44. The van der Waals surface area contributed by atoms with Crippen LogP contribution in [0.1, 0.15) is 6.42 Å². The van der Waals surface area contributed by atoms with Crippen LogP contribution in [0.15, 0.2) is 24.7 Å². The standard InChI is InChI=1S/C14H22IN2O3P/c1-9-16-11(18)5-7-17(9)14-12(15)13(19)10(20-14)6-8-21(2,3)4/h5,7,10,12-14,19H,1-2,6,8H2,3-4H3,(H,16,18)/t10-,12-,13-,14-/m1/s1. The molecule has 21 heavy (non-hydrogen) atoms. The molecule has 0 spiro atoms. The summed E-state index contributed by atoms with van der Waals surface area (Å²) in [5.41, 5.74) is 0. The van der Waals surface area contributed by atoms with Crippen LogP contribution in [0.4, 0.5) is 0 Å². The molecule has 1 amide bonds. The van der Waals surface area contributed by atoms with Gasteiger partial charge in [0.25, 0.3) is 5.91 Å². The summed E-state index contributed by atoms with van der Waals surface area (Å²) in [6.07, 6.45) is 8.03. The van der Waals surface area contributed by atoms with E-state index in [1.165, 1.54) is 6.08 Å². The minimum Gasteiger partial charge on any atom is -0.389 e. The van der Waals surface area contributed by atoms with Crippen LogP contribution in [0, 0.1) is 0 Å². The molecule has 118 valence electrons. The zero-order valence-corrected chi connectivity index (χ0v) is 15.4. The number of hydrogen-bond donors (Lipinski definition) is 2. The minimum atomic E-state index is -1.13. The van der Waals surface area contributed by atoms with Crippen molar-refractivity contribution in [1.29, 1.82) is 0 Å². The Morgan fingerprint density at radius 3 is 2.81 bits per heavy atom. The Morgan fingerprint density at radius 1 is 1.57 bits per heavy atom. The first-order chi connectivity index (χ1) is 9.69. The zero-order valence-electron chi connectivity index (χ0n) is 12.3. The maximum absolute atomic E-state index is 11.3. The van der Waals surface area contributed by atoms with E-state index < -0.39 is 13.0 Å². The lowest BCUT2D eigenvalue weighted by atomic mass is 10.1. The van der Waals surface area contributed by atoms with Crippen LogP contribution in [0.5, 0.6) is 0 Å². The van der Waals surface area contributed by atoms with Gasteiger partial charge in [0.1, 0.15) is 12.0 Å². The predicted octanol–water partition coefficient (Wildman–Crippen LogP) is 1.39. The van der Waals surface area contributed by atoms with Crippen molar-refractivity contribution in [3.05, 3.63) is 24.7 Å². The molecule has 2 aliphatic rings. The van der Waals surface area contributed by atoms with E-state index in [-0.39, 0.29) is 22.2 Å². The number of amides is 1. The number of rotatable bonds is 4. The van der Waals surface area contributed by atoms with Crippen molar-refractivity contribution < 1.29 is 14.6 Å². The van der Waals surface area contributed by atoms with Gasteiger partial charge in [-0.2, -0.15) is 0 Å². The number of halogens is 1. The summed E-state index contributed by atoms with van der Waals surface area (Å²) in [7, 11) is 0. The van der Waals surface area contributed by atoms with Crippen molar-refractivity contribution >= 4 is 41.7 Å². The Balaban J connectivity index is 2.06. The van der Waals surface area contributed by atoms with Gasteiger partial charge in [-0.05, 0) is 25.9 Å². The van der Waals surface area contributed by atoms with Crippen LogP contribution >= 0.6 is 29.5 Å². The summed E-state index contributed by atoms with van der Waals surface area (Å²) in [6, 6.07) is 0. The molecule has 0 radical (unpaired) electrons. The van der Waals surface area contributed by atoms with Gasteiger partial charge >= 0.3 is 0 Å². The van der Waals surface area contributed by atoms with E-state index in [1.807, 2.05) is 0 Å². The van der Waals surface area contributed by atoms with Gasteiger partial charge in [0.15, 0.2) is 0 Å². The van der Waals surface area contributed by atoms with E-state index in [9.17, 15) is 9.90 Å². The fourth-order valence-corrected chi connectivity index (χ4v) is 4.30. The van der Waals surface area contributed by atoms with Crippen molar-refractivity contribution in [3.63, 3.8) is 0 Å². The van der Waals surface area contributed by atoms with Crippen LogP contribution < -0.4 is 5.32 Å². The Labute approximate surface area is 139 Å². The second-order valence-electron chi connectivity index (χ2n) is 6.11. The lowest BCUT2D eigenvalue weighted by Gasteiger charge is -2.32. The highest BCUT2D eigenvalue weighted by Gasteiger charge is 2.45. The molecular weight excluding hydrogens is 402 g/mol. The van der Waals surface area contributed by atoms with E-state index in [1.54, 1.807) is 11.1 Å². The number of nitrogens with zero attached hydrogens (tertiary/aromatic N) is 1. The molecule has 1 fully saturated rings. The predicted molar refractivity (Wildman–Crippen MR) is 96.1 cm³/mol. The molecule has 0 aromatic rings. The van der Waals surface area contributed by atoms with Gasteiger partial charge in [0.2, 0.25) is 0 Å². The van der Waals surface area contributed by atoms with Crippen LogP contribution in [0.2, 0.25) is 0 Å². The summed E-state index contributed by atoms with van der Waals surface area (Å²) < 4.78 is 5.93. The SMILES string of the molecule is C=C1NC(=O)C=CN1[C@@H]1O[C@H](CCP(=C)(C)C)[C@@H](O)[C@H]1I. The molecule has 0 saturated carbocycles. The van der Waals surface area contributed by atoms with E-state index in [4.69, 9.17) is 4.74 Å². The molecule has 0 unspecified atom stereocenters. The minimum absolute atomic E-state index is 0.0877. The third-order valence-electron chi connectivity index (χ3n) is 3.55. The quantitative estimate of drug-likeness (QED) is 0.407. The molecule has 0 aromatic carbocycles. The Hall–Kier alpha value is -0.300. The highest BCUT2D eigenvalue weighted by Crippen LogP contribution is 2.40. The number of aliphatic hydroxyl groups is 1. The van der Waals surface area contributed by atoms with Gasteiger partial charge in [-0.15, -0.1) is 13.2 Å². The van der Waals surface area contributed by atoms with Gasteiger partial charge in [0, 0.05) is 12.3 Å². The topological polar surface area (TPSA) is 61.8 Å². The summed E-state index contributed by atoms with van der Waals surface area (Å²) >= 11 is 2.20. The monoisotopic (exact) mass is 424 g/mol. The molecular formula is C14H22IN2O3P. The Bertz CT molecular complexity index is 516. The second-order valence-corrected chi connectivity index (χ2v) is 11.9. The number of alkyl halides is 1. The van der Waals surface area contributed by atoms with Crippen LogP contribution in [0.25, 0.3) is 0 Å². The molecule has 2 rings (SSSR count). The third-order valence-corrected chi connectivity index (χ3v) is 6.37. The van der Waals surface area contributed by atoms with Gasteiger partial charge in [-0.3, -0.25) is 4.79 Å². The number of nitrogens with one attached hydrogen (secondary N) is 1. The van der Waals surface area contributed by atoms with Crippen molar-refractivity contribution in [2.75, 3.05) is 19.5 Å². The molecule has 5 nitrogen and oxygen atoms in total. The van der Waals surface area contributed by atoms with E-state index >= 15 is 0 Å². The number of carbonyl (C=O) groups is 1. The molecule has 2 heterocycles. The molecule has 2 N–H and O–H groups in total. The largest absolute Gasteiger partial charge is 0.389 e. The third kappa shape index (κ3) is 4.12. The second kappa shape index (κ2) is 6.44. The van der Waals surface area contributed by atoms with Gasteiger partial charge in [-0.1, -0.05) is 29.2 Å². The van der Waals surface area contributed by atoms with Crippen LogP contribution in [0.3, 0.4) is 0 Å². The molecule has 1 saturated heterocycles. The fraction of sp³-hybridized carbons (Fsp3) is 0.571. The van der Waals surface area contributed by atoms with Crippen LogP contribution in [-0.2, 0) is 9.53 Å². The first-order valence-electron chi connectivity index (χ1n) is 6.80. The average molecular weight is 424 g/mol. The number of hydrogen-bond acceptors (Lipinski definition) is 4. The first kappa shape index (κ1) is 17.1. The Morgan fingerprint density at radius 2 is 2.24 bits per heavy atom. The molecule has 2 aliphatic heterocycles. The molecule has 0 bridgehead atoms.